The van der Waals surface area contributed by atoms with Crippen LogP contribution in [0.4, 0.5) is 0 Å². The van der Waals surface area contributed by atoms with Crippen molar-refractivity contribution in [3.8, 4) is 0 Å². The summed E-state index contributed by atoms with van der Waals surface area (Å²) in [6, 6.07) is 0. The second-order valence-electron chi connectivity index (χ2n) is 3.06. The van der Waals surface area contributed by atoms with Crippen LogP contribution in [0.15, 0.2) is 5.57 Å². The third-order valence-corrected chi connectivity index (χ3v) is 1.87. The number of aliphatic carboxylic acids is 1. The van der Waals surface area contributed by atoms with Crippen molar-refractivity contribution in [2.75, 3.05) is 0 Å². The number of hydrogen-bond acceptors (Lipinski definition) is 2. The highest BCUT2D eigenvalue weighted by atomic mass is 16.4. The van der Waals surface area contributed by atoms with E-state index in [2.05, 4.69) is 6.92 Å². The van der Waals surface area contributed by atoms with Gasteiger partial charge in [-0.25, -0.2) is 4.79 Å². The number of unbranched alkanes of at least 4 members (excludes halogenated alkanes) is 2. The highest BCUT2D eigenvalue weighted by Gasteiger charge is 2.02. The van der Waals surface area contributed by atoms with E-state index in [0.29, 0.717) is 18.4 Å². The smallest absolute Gasteiger partial charge is 0.303 e. The zero-order valence-electron chi connectivity index (χ0n) is 8.01. The highest BCUT2D eigenvalue weighted by Crippen LogP contribution is 2.11. The fraction of sp³-hybridized carbons (Fsp3) is 0.700. The molecule has 0 aliphatic carbocycles. The second kappa shape index (κ2) is 7.56. The Labute approximate surface area is 78.5 Å². The van der Waals surface area contributed by atoms with Crippen LogP contribution in [0, 0.1) is 0 Å². The maximum absolute atomic E-state index is 10.4. The molecular formula is C10H16O3. The van der Waals surface area contributed by atoms with Crippen molar-refractivity contribution in [2.24, 2.45) is 0 Å². The third-order valence-electron chi connectivity index (χ3n) is 1.87. The summed E-state index contributed by atoms with van der Waals surface area (Å²) in [6.07, 6.45) is 4.23. The molecule has 0 spiro atoms. The van der Waals surface area contributed by atoms with Crippen molar-refractivity contribution in [3.05, 3.63) is 5.57 Å². The van der Waals surface area contributed by atoms with E-state index >= 15 is 0 Å². The average molecular weight is 184 g/mol. The largest absolute Gasteiger partial charge is 0.481 e. The summed E-state index contributed by atoms with van der Waals surface area (Å²) < 4.78 is 0. The van der Waals surface area contributed by atoms with Crippen molar-refractivity contribution in [2.45, 2.75) is 45.4 Å². The predicted octanol–water partition coefficient (Wildman–Crippen LogP) is 2.19. The van der Waals surface area contributed by atoms with Gasteiger partial charge in [0.05, 0.1) is 0 Å². The Bertz CT molecular complexity index is 202. The first-order valence-electron chi connectivity index (χ1n) is 4.65. The van der Waals surface area contributed by atoms with Gasteiger partial charge in [-0.1, -0.05) is 19.8 Å². The average Bonchev–Trinajstić information content (AvgIpc) is 2.10. The maximum atomic E-state index is 10.4. The molecule has 0 rings (SSSR count). The van der Waals surface area contributed by atoms with Crippen LogP contribution in [0.2, 0.25) is 0 Å². The number of allylic oxidation sites excluding steroid dienone is 1. The van der Waals surface area contributed by atoms with Gasteiger partial charge in [-0.2, -0.15) is 0 Å². The van der Waals surface area contributed by atoms with Crippen molar-refractivity contribution < 1.29 is 14.7 Å². The lowest BCUT2D eigenvalue weighted by Crippen LogP contribution is -1.96. The first kappa shape index (κ1) is 11.9. The molecular weight excluding hydrogens is 168 g/mol. The summed E-state index contributed by atoms with van der Waals surface area (Å²) in [5.74, 6) is 0.962. The van der Waals surface area contributed by atoms with Gasteiger partial charge in [0.25, 0.3) is 0 Å². The molecule has 0 unspecified atom stereocenters. The topological polar surface area (TPSA) is 54.4 Å². The van der Waals surface area contributed by atoms with Crippen molar-refractivity contribution >= 4 is 11.9 Å². The van der Waals surface area contributed by atoms with Crippen LogP contribution in [0.5, 0.6) is 0 Å². The van der Waals surface area contributed by atoms with Crippen LogP contribution in [0.25, 0.3) is 0 Å². The van der Waals surface area contributed by atoms with E-state index < -0.39 is 5.97 Å². The van der Waals surface area contributed by atoms with E-state index in [1.54, 1.807) is 0 Å². The molecule has 0 aromatic heterocycles. The third kappa shape index (κ3) is 7.29. The molecule has 0 aliphatic rings. The van der Waals surface area contributed by atoms with Crippen LogP contribution >= 0.6 is 0 Å². The van der Waals surface area contributed by atoms with E-state index in [4.69, 9.17) is 5.11 Å². The van der Waals surface area contributed by atoms with E-state index in [1.165, 1.54) is 0 Å². The molecule has 13 heavy (non-hydrogen) atoms. The molecule has 0 bridgehead atoms. The van der Waals surface area contributed by atoms with Crippen molar-refractivity contribution in [1.82, 2.24) is 0 Å². The Kier molecular flexibility index (Phi) is 6.93. The molecule has 0 aromatic carbocycles. The number of carbonyl (C=O) groups excluding carboxylic acids is 1. The van der Waals surface area contributed by atoms with Crippen molar-refractivity contribution in [3.63, 3.8) is 0 Å². The standard InChI is InChI=1S/C10H16O3/c1-2-3-4-5-9(8-11)6-7-10(12)13/h2-7H2,1H3,(H,12,13). The molecule has 0 aliphatic heterocycles. The maximum Gasteiger partial charge on any atom is 0.303 e. The molecule has 1 N–H and O–H groups in total. The summed E-state index contributed by atoms with van der Waals surface area (Å²) in [6.45, 7) is 2.08. The fourth-order valence-electron chi connectivity index (χ4n) is 1.07. The molecule has 0 radical (unpaired) electrons. The predicted molar refractivity (Wildman–Crippen MR) is 50.2 cm³/mol. The van der Waals surface area contributed by atoms with Gasteiger partial charge < -0.3 is 5.11 Å². The molecule has 0 saturated carbocycles. The van der Waals surface area contributed by atoms with Gasteiger partial charge in [-0.3, -0.25) is 4.79 Å². The van der Waals surface area contributed by atoms with Gasteiger partial charge in [0.15, 0.2) is 0 Å². The van der Waals surface area contributed by atoms with Gasteiger partial charge in [0.1, 0.15) is 5.94 Å². The molecule has 0 atom stereocenters. The number of rotatable bonds is 7. The fourth-order valence-corrected chi connectivity index (χ4v) is 1.07. The Morgan fingerprint density at radius 3 is 2.38 bits per heavy atom. The molecule has 0 heterocycles. The summed E-state index contributed by atoms with van der Waals surface area (Å²) in [5, 5.41) is 8.39. The van der Waals surface area contributed by atoms with Gasteiger partial charge in [-0.15, -0.1) is 0 Å². The quantitative estimate of drug-likeness (QED) is 0.487. The summed E-state index contributed by atoms with van der Waals surface area (Å²) in [5.41, 5.74) is 0.607. The van der Waals surface area contributed by atoms with Crippen LogP contribution in [-0.2, 0) is 9.59 Å². The van der Waals surface area contributed by atoms with Gasteiger partial charge in [-0.05, 0) is 19.3 Å². The molecule has 3 heteroatoms. The summed E-state index contributed by atoms with van der Waals surface area (Å²) in [4.78, 5) is 20.6. The Morgan fingerprint density at radius 2 is 1.92 bits per heavy atom. The normalized spacial score (nSPS) is 9.31. The van der Waals surface area contributed by atoms with E-state index in [9.17, 15) is 9.59 Å². The SMILES string of the molecule is CCCCCC(=C=O)CCC(=O)O. The first-order chi connectivity index (χ1) is 6.20. The molecule has 3 nitrogen and oxygen atoms in total. The van der Waals surface area contributed by atoms with Gasteiger partial charge in [0, 0.05) is 12.0 Å². The van der Waals surface area contributed by atoms with E-state index in [0.717, 1.165) is 19.3 Å². The van der Waals surface area contributed by atoms with Gasteiger partial charge in [0.2, 0.25) is 0 Å². The molecule has 74 valence electrons. The highest BCUT2D eigenvalue weighted by molar-refractivity contribution is 5.68. The summed E-state index contributed by atoms with van der Waals surface area (Å²) >= 11 is 0. The molecule has 0 amide bonds. The first-order valence-corrected chi connectivity index (χ1v) is 4.65. The number of carboxylic acids is 1. The van der Waals surface area contributed by atoms with Crippen LogP contribution in [0.3, 0.4) is 0 Å². The lowest BCUT2D eigenvalue weighted by molar-refractivity contribution is -0.136. The monoisotopic (exact) mass is 184 g/mol. The minimum Gasteiger partial charge on any atom is -0.481 e. The van der Waals surface area contributed by atoms with Crippen molar-refractivity contribution in [1.29, 1.82) is 0 Å². The van der Waals surface area contributed by atoms with E-state index in [-0.39, 0.29) is 6.42 Å². The zero-order chi connectivity index (χ0) is 10.1. The minimum atomic E-state index is -0.858. The Hall–Kier alpha value is -1.08. The minimum absolute atomic E-state index is 0.0384. The van der Waals surface area contributed by atoms with Gasteiger partial charge >= 0.3 is 5.97 Å². The van der Waals surface area contributed by atoms with Crippen LogP contribution in [-0.4, -0.2) is 17.0 Å². The lowest BCUT2D eigenvalue weighted by Gasteiger charge is -1.99. The number of hydrogen-bond donors (Lipinski definition) is 1. The Morgan fingerprint density at radius 1 is 1.23 bits per heavy atom. The summed E-state index contributed by atoms with van der Waals surface area (Å²) in [7, 11) is 0. The number of carbonyl (C=O) groups is 1. The zero-order valence-corrected chi connectivity index (χ0v) is 8.01. The second-order valence-corrected chi connectivity index (χ2v) is 3.06. The number of carboxylic acid groups (broad SMARTS) is 1. The van der Waals surface area contributed by atoms with E-state index in [1.807, 2.05) is 5.94 Å². The Balaban J connectivity index is 3.65. The van der Waals surface area contributed by atoms with Crippen LogP contribution in [0.1, 0.15) is 45.4 Å². The molecule has 0 fully saturated rings. The lowest BCUT2D eigenvalue weighted by atomic mass is 10.0. The molecule has 0 saturated heterocycles. The van der Waals surface area contributed by atoms with Crippen LogP contribution < -0.4 is 0 Å². The molecule has 0 aromatic rings.